The van der Waals surface area contributed by atoms with Crippen LogP contribution in [0, 0.1) is 0 Å². The Morgan fingerprint density at radius 3 is 2.95 bits per heavy atom. The third-order valence-electron chi connectivity index (χ3n) is 4.32. The highest BCUT2D eigenvalue weighted by Gasteiger charge is 2.23. The van der Waals surface area contributed by atoms with E-state index >= 15 is 0 Å². The molecule has 1 atom stereocenters. The Hall–Kier alpha value is -1.55. The normalized spacial score (nSPS) is 20.7. The summed E-state index contributed by atoms with van der Waals surface area (Å²) in [5.74, 6) is 0.971. The van der Waals surface area contributed by atoms with Gasteiger partial charge in [-0.15, -0.1) is 0 Å². The molecule has 4 nitrogen and oxygen atoms in total. The number of rotatable bonds is 6. The number of carbonyl (C=O) groups is 1. The van der Waals surface area contributed by atoms with E-state index in [2.05, 4.69) is 22.8 Å². The van der Waals surface area contributed by atoms with Crippen LogP contribution in [-0.4, -0.2) is 25.6 Å². The summed E-state index contributed by atoms with van der Waals surface area (Å²) >= 11 is 0. The predicted molar refractivity (Wildman–Crippen MR) is 82.5 cm³/mol. The zero-order valence-electron chi connectivity index (χ0n) is 12.7. The Kier molecular flexibility index (Phi) is 4.44. The zero-order valence-corrected chi connectivity index (χ0v) is 12.7. The van der Waals surface area contributed by atoms with Crippen LogP contribution in [0.25, 0.3) is 0 Å². The van der Waals surface area contributed by atoms with Crippen molar-refractivity contribution in [1.29, 1.82) is 0 Å². The number of hydrogen-bond donors (Lipinski definition) is 2. The van der Waals surface area contributed by atoms with Gasteiger partial charge in [-0.25, -0.2) is 0 Å². The highest BCUT2D eigenvalue weighted by molar-refractivity contribution is 5.76. The molecule has 3 rings (SSSR count). The van der Waals surface area contributed by atoms with Crippen molar-refractivity contribution in [3.05, 3.63) is 29.3 Å². The molecule has 1 unspecified atom stereocenters. The highest BCUT2D eigenvalue weighted by Crippen LogP contribution is 2.32. The molecule has 0 aliphatic heterocycles. The lowest BCUT2D eigenvalue weighted by molar-refractivity contribution is -0.121. The van der Waals surface area contributed by atoms with E-state index in [9.17, 15) is 4.79 Å². The lowest BCUT2D eigenvalue weighted by atomic mass is 9.87. The highest BCUT2D eigenvalue weighted by atomic mass is 16.5. The maximum Gasteiger partial charge on any atom is 0.223 e. The Bertz CT molecular complexity index is 512. The quantitative estimate of drug-likeness (QED) is 0.844. The van der Waals surface area contributed by atoms with Gasteiger partial charge in [-0.1, -0.05) is 6.07 Å². The number of carbonyl (C=O) groups excluding carboxylic acids is 1. The van der Waals surface area contributed by atoms with Gasteiger partial charge in [0.1, 0.15) is 5.75 Å². The molecule has 2 N–H and O–H groups in total. The van der Waals surface area contributed by atoms with Gasteiger partial charge in [0.05, 0.1) is 13.0 Å². The van der Waals surface area contributed by atoms with E-state index in [1.165, 1.54) is 24.0 Å². The van der Waals surface area contributed by atoms with Gasteiger partial charge in [0.15, 0.2) is 0 Å². The van der Waals surface area contributed by atoms with Gasteiger partial charge in [-0.05, 0) is 62.4 Å². The fraction of sp³-hybridized carbons (Fsp3) is 0.588. The van der Waals surface area contributed by atoms with Gasteiger partial charge in [0.25, 0.3) is 0 Å². The summed E-state index contributed by atoms with van der Waals surface area (Å²) < 4.78 is 5.75. The summed E-state index contributed by atoms with van der Waals surface area (Å²) in [5.41, 5.74) is 2.77. The Labute approximate surface area is 126 Å². The third kappa shape index (κ3) is 3.76. The summed E-state index contributed by atoms with van der Waals surface area (Å²) in [6.07, 6.45) is 6.25. The molecule has 1 aromatic carbocycles. The lowest BCUT2D eigenvalue weighted by Gasteiger charge is -2.25. The minimum Gasteiger partial charge on any atom is -0.493 e. The number of hydrogen-bond acceptors (Lipinski definition) is 3. The van der Waals surface area contributed by atoms with Crippen LogP contribution in [0.15, 0.2) is 18.2 Å². The Morgan fingerprint density at radius 2 is 2.19 bits per heavy atom. The summed E-state index contributed by atoms with van der Waals surface area (Å²) in [7, 11) is 2.01. The van der Waals surface area contributed by atoms with E-state index in [-0.39, 0.29) is 5.91 Å². The molecule has 0 spiro atoms. The molecular weight excluding hydrogens is 264 g/mol. The van der Waals surface area contributed by atoms with Crippen molar-refractivity contribution in [2.75, 3.05) is 13.7 Å². The second kappa shape index (κ2) is 6.48. The summed E-state index contributed by atoms with van der Waals surface area (Å²) in [6.45, 7) is 0.446. The maximum absolute atomic E-state index is 11.6. The molecule has 0 radical (unpaired) electrons. The molecule has 0 saturated heterocycles. The van der Waals surface area contributed by atoms with Crippen molar-refractivity contribution in [1.82, 2.24) is 10.6 Å². The minimum atomic E-state index is 0.101. The van der Waals surface area contributed by atoms with Crippen LogP contribution in [0.4, 0.5) is 0 Å². The first-order chi connectivity index (χ1) is 10.3. The average molecular weight is 288 g/mol. The molecule has 2 aliphatic rings. The fourth-order valence-corrected chi connectivity index (χ4v) is 2.96. The first kappa shape index (κ1) is 14.4. The van der Waals surface area contributed by atoms with Crippen molar-refractivity contribution >= 4 is 5.91 Å². The topological polar surface area (TPSA) is 50.4 Å². The van der Waals surface area contributed by atoms with Gasteiger partial charge in [0, 0.05) is 12.1 Å². The lowest BCUT2D eigenvalue weighted by Crippen LogP contribution is -2.26. The van der Waals surface area contributed by atoms with Crippen molar-refractivity contribution in [2.24, 2.45) is 0 Å². The monoisotopic (exact) mass is 288 g/mol. The predicted octanol–water partition coefficient (Wildman–Crippen LogP) is 2.33. The van der Waals surface area contributed by atoms with Gasteiger partial charge >= 0.3 is 0 Å². The molecule has 0 aromatic heterocycles. The van der Waals surface area contributed by atoms with Crippen LogP contribution < -0.4 is 15.4 Å². The first-order valence-electron chi connectivity index (χ1n) is 7.98. The van der Waals surface area contributed by atoms with E-state index in [1.54, 1.807) is 0 Å². The van der Waals surface area contributed by atoms with Crippen LogP contribution in [0.2, 0.25) is 0 Å². The van der Waals surface area contributed by atoms with Crippen molar-refractivity contribution in [2.45, 2.75) is 50.6 Å². The first-order valence-corrected chi connectivity index (χ1v) is 7.98. The van der Waals surface area contributed by atoms with Crippen LogP contribution >= 0.6 is 0 Å². The number of amides is 1. The summed E-state index contributed by atoms with van der Waals surface area (Å²) in [6, 6.07) is 7.18. The van der Waals surface area contributed by atoms with E-state index in [4.69, 9.17) is 4.74 Å². The average Bonchev–Trinajstić information content (AvgIpc) is 3.30. The zero-order chi connectivity index (χ0) is 14.7. The van der Waals surface area contributed by atoms with Crippen molar-refractivity contribution < 1.29 is 9.53 Å². The standard InChI is InChI=1S/C17H24N2O2/c1-18-16-4-2-3-12-5-8-14(11-15(12)16)21-10-9-17(20)19-13-6-7-13/h5,8,11,13,16,18H,2-4,6-7,9-10H2,1H3,(H,19,20). The third-order valence-corrected chi connectivity index (χ3v) is 4.32. The van der Waals surface area contributed by atoms with Crippen LogP contribution in [-0.2, 0) is 11.2 Å². The van der Waals surface area contributed by atoms with Gasteiger partial charge in [-0.2, -0.15) is 0 Å². The van der Waals surface area contributed by atoms with Crippen molar-refractivity contribution in [3.63, 3.8) is 0 Å². The van der Waals surface area contributed by atoms with Crippen molar-refractivity contribution in [3.8, 4) is 5.75 Å². The van der Waals surface area contributed by atoms with E-state index in [0.717, 1.165) is 25.0 Å². The Balaban J connectivity index is 1.54. The molecule has 1 fully saturated rings. The van der Waals surface area contributed by atoms with Gasteiger partial charge in [-0.3, -0.25) is 4.79 Å². The number of fused-ring (bicyclic) bond motifs is 1. The SMILES string of the molecule is CNC1CCCc2ccc(OCCC(=O)NC3CC3)cc21. The molecular formula is C17H24N2O2. The van der Waals surface area contributed by atoms with E-state index < -0.39 is 0 Å². The second-order valence-electron chi connectivity index (χ2n) is 6.03. The minimum absolute atomic E-state index is 0.101. The molecule has 1 amide bonds. The molecule has 0 heterocycles. The molecule has 2 aliphatic carbocycles. The smallest absolute Gasteiger partial charge is 0.223 e. The number of benzene rings is 1. The molecule has 21 heavy (non-hydrogen) atoms. The van der Waals surface area contributed by atoms with Crippen LogP contribution in [0.1, 0.15) is 49.3 Å². The summed E-state index contributed by atoms with van der Waals surface area (Å²) in [4.78, 5) is 11.6. The molecule has 1 saturated carbocycles. The van der Waals surface area contributed by atoms with Gasteiger partial charge in [0.2, 0.25) is 5.91 Å². The van der Waals surface area contributed by atoms with Crippen LogP contribution in [0.3, 0.4) is 0 Å². The van der Waals surface area contributed by atoms with E-state index in [0.29, 0.717) is 25.1 Å². The molecule has 114 valence electrons. The maximum atomic E-state index is 11.6. The summed E-state index contributed by atoms with van der Waals surface area (Å²) in [5, 5.41) is 6.35. The molecule has 0 bridgehead atoms. The van der Waals surface area contributed by atoms with E-state index in [1.807, 2.05) is 13.1 Å². The second-order valence-corrected chi connectivity index (χ2v) is 6.03. The number of nitrogens with one attached hydrogen (secondary N) is 2. The number of ether oxygens (including phenoxy) is 1. The molecule has 1 aromatic rings. The largest absolute Gasteiger partial charge is 0.493 e. The van der Waals surface area contributed by atoms with Gasteiger partial charge < -0.3 is 15.4 Å². The number of aryl methyl sites for hydroxylation is 1. The molecule has 4 heteroatoms. The fourth-order valence-electron chi connectivity index (χ4n) is 2.96. The van der Waals surface area contributed by atoms with Crippen LogP contribution in [0.5, 0.6) is 5.75 Å². The Morgan fingerprint density at radius 1 is 1.33 bits per heavy atom.